The molecular formula is C14H18BrF2N. The molecule has 0 bridgehead atoms. The summed E-state index contributed by atoms with van der Waals surface area (Å²) >= 11 is 2.98. The van der Waals surface area contributed by atoms with Crippen LogP contribution in [0.3, 0.4) is 0 Å². The fourth-order valence-electron chi connectivity index (χ4n) is 2.82. The Balaban J connectivity index is 2.33. The molecule has 0 aromatic heterocycles. The summed E-state index contributed by atoms with van der Waals surface area (Å²) in [6.07, 6.45) is 5.39. The molecule has 18 heavy (non-hydrogen) atoms. The van der Waals surface area contributed by atoms with Crippen LogP contribution < -0.4 is 5.73 Å². The van der Waals surface area contributed by atoms with Crippen LogP contribution in [0.25, 0.3) is 0 Å². The second-order valence-electron chi connectivity index (χ2n) is 5.48. The van der Waals surface area contributed by atoms with Gasteiger partial charge in [0.25, 0.3) is 0 Å². The molecule has 0 aliphatic heterocycles. The second-order valence-corrected chi connectivity index (χ2v) is 6.33. The van der Waals surface area contributed by atoms with Crippen molar-refractivity contribution in [2.24, 2.45) is 11.1 Å². The molecule has 1 aliphatic carbocycles. The zero-order chi connectivity index (χ0) is 13.3. The van der Waals surface area contributed by atoms with Gasteiger partial charge in [-0.05, 0) is 46.3 Å². The first-order valence-electron chi connectivity index (χ1n) is 6.34. The number of nitrogens with two attached hydrogens (primary N) is 1. The first kappa shape index (κ1) is 13.9. The van der Waals surface area contributed by atoms with Gasteiger partial charge in [-0.2, -0.15) is 0 Å². The maximum Gasteiger partial charge on any atom is 0.137 e. The largest absolute Gasteiger partial charge is 0.323 e. The van der Waals surface area contributed by atoms with E-state index in [-0.39, 0.29) is 9.89 Å². The second kappa shape index (κ2) is 5.25. The Labute approximate surface area is 115 Å². The Morgan fingerprint density at radius 3 is 2.39 bits per heavy atom. The van der Waals surface area contributed by atoms with Crippen molar-refractivity contribution >= 4 is 15.9 Å². The molecule has 100 valence electrons. The molecule has 1 unspecified atom stereocenters. The Hall–Kier alpha value is -0.480. The van der Waals surface area contributed by atoms with Crippen LogP contribution in [0.1, 0.15) is 50.6 Å². The lowest BCUT2D eigenvalue weighted by molar-refractivity contribution is 0.167. The fourth-order valence-corrected chi connectivity index (χ4v) is 3.14. The predicted molar refractivity (Wildman–Crippen MR) is 72.2 cm³/mol. The van der Waals surface area contributed by atoms with Crippen LogP contribution in [-0.2, 0) is 0 Å². The summed E-state index contributed by atoms with van der Waals surface area (Å²) in [4.78, 5) is 0. The van der Waals surface area contributed by atoms with E-state index in [1.165, 1.54) is 12.5 Å². The molecule has 0 amide bonds. The van der Waals surface area contributed by atoms with Gasteiger partial charge in [0.05, 0.1) is 4.47 Å². The molecule has 0 spiro atoms. The third kappa shape index (κ3) is 2.59. The van der Waals surface area contributed by atoms with Crippen molar-refractivity contribution in [2.75, 3.05) is 0 Å². The van der Waals surface area contributed by atoms with Crippen LogP contribution in [0, 0.1) is 17.0 Å². The third-order valence-electron chi connectivity index (χ3n) is 4.12. The summed E-state index contributed by atoms with van der Waals surface area (Å²) in [6, 6.07) is 1.95. The van der Waals surface area contributed by atoms with Crippen molar-refractivity contribution in [1.82, 2.24) is 0 Å². The van der Waals surface area contributed by atoms with Crippen LogP contribution >= 0.6 is 15.9 Å². The highest BCUT2D eigenvalue weighted by atomic mass is 79.9. The summed E-state index contributed by atoms with van der Waals surface area (Å²) < 4.78 is 27.6. The Morgan fingerprint density at radius 2 is 1.78 bits per heavy atom. The average Bonchev–Trinajstić information content (AvgIpc) is 2.34. The Bertz CT molecular complexity index is 442. The van der Waals surface area contributed by atoms with Gasteiger partial charge >= 0.3 is 0 Å². The zero-order valence-corrected chi connectivity index (χ0v) is 12.1. The highest BCUT2D eigenvalue weighted by Gasteiger charge is 2.35. The van der Waals surface area contributed by atoms with Gasteiger partial charge in [-0.3, -0.25) is 0 Å². The molecule has 1 fully saturated rings. The van der Waals surface area contributed by atoms with Gasteiger partial charge < -0.3 is 5.73 Å². The highest BCUT2D eigenvalue weighted by Crippen LogP contribution is 2.45. The normalized spacial score (nSPS) is 20.7. The lowest BCUT2D eigenvalue weighted by atomic mass is 9.69. The maximum absolute atomic E-state index is 13.9. The van der Waals surface area contributed by atoms with Gasteiger partial charge in [-0.25, -0.2) is 8.78 Å². The SMILES string of the molecule is CC1(C(N)c2cc(F)c(Br)cc2F)CCCCC1. The number of benzene rings is 1. The van der Waals surface area contributed by atoms with Gasteiger partial charge in [0.15, 0.2) is 0 Å². The highest BCUT2D eigenvalue weighted by molar-refractivity contribution is 9.10. The first-order valence-corrected chi connectivity index (χ1v) is 7.13. The number of halogens is 3. The van der Waals surface area contributed by atoms with Crippen molar-refractivity contribution in [3.8, 4) is 0 Å². The molecular weight excluding hydrogens is 300 g/mol. The van der Waals surface area contributed by atoms with E-state index < -0.39 is 17.7 Å². The van der Waals surface area contributed by atoms with E-state index in [0.717, 1.165) is 31.7 Å². The van der Waals surface area contributed by atoms with Gasteiger partial charge in [-0.15, -0.1) is 0 Å². The van der Waals surface area contributed by atoms with Gasteiger partial charge in [-0.1, -0.05) is 26.2 Å². The van der Waals surface area contributed by atoms with Crippen molar-refractivity contribution in [1.29, 1.82) is 0 Å². The molecule has 2 N–H and O–H groups in total. The smallest absolute Gasteiger partial charge is 0.137 e. The van der Waals surface area contributed by atoms with E-state index in [4.69, 9.17) is 5.73 Å². The summed E-state index contributed by atoms with van der Waals surface area (Å²) in [6.45, 7) is 2.08. The predicted octanol–water partition coefficient (Wildman–Crippen LogP) is 4.70. The van der Waals surface area contributed by atoms with Crippen molar-refractivity contribution in [2.45, 2.75) is 45.1 Å². The first-order chi connectivity index (χ1) is 8.44. The van der Waals surface area contributed by atoms with Crippen LogP contribution in [0.15, 0.2) is 16.6 Å². The minimum atomic E-state index is -0.457. The number of hydrogen-bond donors (Lipinski definition) is 1. The average molecular weight is 318 g/mol. The zero-order valence-electron chi connectivity index (χ0n) is 10.5. The molecule has 1 aromatic rings. The fraction of sp³-hybridized carbons (Fsp3) is 0.571. The van der Waals surface area contributed by atoms with Crippen LogP contribution in [0.5, 0.6) is 0 Å². The minimum absolute atomic E-state index is 0.126. The number of hydrogen-bond acceptors (Lipinski definition) is 1. The summed E-state index contributed by atoms with van der Waals surface area (Å²) in [5.74, 6) is -0.885. The molecule has 1 aromatic carbocycles. The van der Waals surface area contributed by atoms with Crippen molar-refractivity contribution in [3.63, 3.8) is 0 Å². The van der Waals surface area contributed by atoms with Crippen molar-refractivity contribution in [3.05, 3.63) is 33.8 Å². The van der Waals surface area contributed by atoms with E-state index in [9.17, 15) is 8.78 Å². The van der Waals surface area contributed by atoms with Gasteiger partial charge in [0.2, 0.25) is 0 Å². The van der Waals surface area contributed by atoms with Gasteiger partial charge in [0.1, 0.15) is 11.6 Å². The molecule has 0 heterocycles. The van der Waals surface area contributed by atoms with E-state index in [0.29, 0.717) is 5.56 Å². The monoisotopic (exact) mass is 317 g/mol. The van der Waals surface area contributed by atoms with E-state index >= 15 is 0 Å². The summed E-state index contributed by atoms with van der Waals surface area (Å²) in [7, 11) is 0. The topological polar surface area (TPSA) is 26.0 Å². The molecule has 1 aliphatic rings. The molecule has 1 nitrogen and oxygen atoms in total. The lowest BCUT2D eigenvalue weighted by Gasteiger charge is -2.39. The van der Waals surface area contributed by atoms with E-state index in [1.807, 2.05) is 0 Å². The van der Waals surface area contributed by atoms with Crippen LogP contribution in [0.4, 0.5) is 8.78 Å². The Kier molecular flexibility index (Phi) is 4.07. The maximum atomic E-state index is 13.9. The molecule has 1 saturated carbocycles. The van der Waals surface area contributed by atoms with E-state index in [1.54, 1.807) is 0 Å². The molecule has 4 heteroatoms. The van der Waals surface area contributed by atoms with Crippen LogP contribution in [0.2, 0.25) is 0 Å². The van der Waals surface area contributed by atoms with Crippen molar-refractivity contribution < 1.29 is 8.78 Å². The third-order valence-corrected chi connectivity index (χ3v) is 4.73. The van der Waals surface area contributed by atoms with Crippen LogP contribution in [-0.4, -0.2) is 0 Å². The lowest BCUT2D eigenvalue weighted by Crippen LogP contribution is -2.34. The molecule has 0 radical (unpaired) electrons. The van der Waals surface area contributed by atoms with E-state index in [2.05, 4.69) is 22.9 Å². The summed E-state index contributed by atoms with van der Waals surface area (Å²) in [5, 5.41) is 0. The van der Waals surface area contributed by atoms with Gasteiger partial charge in [0, 0.05) is 11.6 Å². The molecule has 1 atom stereocenters. The molecule has 2 rings (SSSR count). The summed E-state index contributed by atoms with van der Waals surface area (Å²) in [5.41, 5.74) is 6.37. The molecule has 0 saturated heterocycles. The quantitative estimate of drug-likeness (QED) is 0.786. The minimum Gasteiger partial charge on any atom is -0.323 e. The number of rotatable bonds is 2. The Morgan fingerprint density at radius 1 is 1.17 bits per heavy atom. The standard InChI is InChI=1S/C14H18BrF2N/c1-14(5-3-2-4-6-14)13(18)9-7-12(17)10(15)8-11(9)16/h7-8,13H,2-6,18H2,1H3.